The summed E-state index contributed by atoms with van der Waals surface area (Å²) in [6, 6.07) is 0. The Bertz CT molecular complexity index is 444. The highest BCUT2D eigenvalue weighted by atomic mass is 16.6. The standard InChI is InChI=1S/C12H20N4O4/c1-12(2,3)20-11(19)16-5-8(17)10(18)7-4-15-9(13)6-14-7/h4,6,8,10,17-18H,5H2,1-3H3,(H2,13,15)(H,16,19). The van der Waals surface area contributed by atoms with Gasteiger partial charge in [-0.25, -0.2) is 9.78 Å². The Morgan fingerprint density at radius 2 is 2.05 bits per heavy atom. The van der Waals surface area contributed by atoms with Crippen LogP contribution >= 0.6 is 0 Å². The van der Waals surface area contributed by atoms with Crippen LogP contribution in [0.15, 0.2) is 12.4 Å². The fourth-order valence-electron chi connectivity index (χ4n) is 1.31. The number of hydrogen-bond donors (Lipinski definition) is 4. The van der Waals surface area contributed by atoms with Crippen molar-refractivity contribution in [2.75, 3.05) is 12.3 Å². The molecule has 0 aliphatic rings. The summed E-state index contributed by atoms with van der Waals surface area (Å²) in [7, 11) is 0. The number of nitrogens with two attached hydrogens (primary N) is 1. The molecule has 0 aliphatic carbocycles. The molecule has 0 fully saturated rings. The van der Waals surface area contributed by atoms with Crippen LogP contribution in [0.25, 0.3) is 0 Å². The van der Waals surface area contributed by atoms with E-state index in [9.17, 15) is 15.0 Å². The van der Waals surface area contributed by atoms with Gasteiger partial charge in [-0.1, -0.05) is 0 Å². The van der Waals surface area contributed by atoms with Crippen LogP contribution in [0.1, 0.15) is 32.6 Å². The van der Waals surface area contributed by atoms with Crippen LogP contribution in [0.5, 0.6) is 0 Å². The Kier molecular flexibility index (Phi) is 5.23. The van der Waals surface area contributed by atoms with Gasteiger partial charge in [0.25, 0.3) is 0 Å². The van der Waals surface area contributed by atoms with Crippen molar-refractivity contribution in [2.24, 2.45) is 0 Å². The van der Waals surface area contributed by atoms with Gasteiger partial charge in [0.15, 0.2) is 0 Å². The van der Waals surface area contributed by atoms with E-state index < -0.39 is 23.9 Å². The Balaban J connectivity index is 2.48. The minimum Gasteiger partial charge on any atom is -0.444 e. The minimum atomic E-state index is -1.28. The van der Waals surface area contributed by atoms with Crippen molar-refractivity contribution in [3.63, 3.8) is 0 Å². The maximum atomic E-state index is 11.4. The fraction of sp³-hybridized carbons (Fsp3) is 0.583. The first kappa shape index (κ1) is 16.1. The van der Waals surface area contributed by atoms with Crippen molar-refractivity contribution in [1.29, 1.82) is 0 Å². The summed E-state index contributed by atoms with van der Waals surface area (Å²) in [5.41, 5.74) is 4.90. The van der Waals surface area contributed by atoms with Crippen molar-refractivity contribution in [3.8, 4) is 0 Å². The molecule has 1 amide bonds. The lowest BCUT2D eigenvalue weighted by atomic mass is 10.1. The zero-order valence-corrected chi connectivity index (χ0v) is 11.7. The second-order valence-electron chi connectivity index (χ2n) is 5.26. The molecule has 1 rings (SSSR count). The highest BCUT2D eigenvalue weighted by molar-refractivity contribution is 5.67. The van der Waals surface area contributed by atoms with E-state index in [0.29, 0.717) is 0 Å². The van der Waals surface area contributed by atoms with E-state index in [1.165, 1.54) is 12.4 Å². The molecule has 2 atom stereocenters. The molecule has 1 aromatic rings. The molecule has 0 radical (unpaired) electrons. The third-order valence-electron chi connectivity index (χ3n) is 2.21. The van der Waals surface area contributed by atoms with Gasteiger partial charge in [0.1, 0.15) is 23.6 Å². The number of nitrogens with zero attached hydrogens (tertiary/aromatic N) is 2. The number of aromatic nitrogens is 2. The van der Waals surface area contributed by atoms with Crippen molar-refractivity contribution in [3.05, 3.63) is 18.1 Å². The molecule has 1 aromatic heterocycles. The Morgan fingerprint density at radius 3 is 2.55 bits per heavy atom. The van der Waals surface area contributed by atoms with Gasteiger partial charge in [0.05, 0.1) is 18.1 Å². The third-order valence-corrected chi connectivity index (χ3v) is 2.21. The SMILES string of the molecule is CC(C)(C)OC(=O)NCC(O)C(O)c1cnc(N)cn1. The zero-order chi connectivity index (χ0) is 15.3. The maximum absolute atomic E-state index is 11.4. The Hall–Kier alpha value is -1.93. The van der Waals surface area contributed by atoms with Crippen molar-refractivity contribution >= 4 is 11.9 Å². The number of carbonyl (C=O) groups is 1. The highest BCUT2D eigenvalue weighted by Gasteiger charge is 2.22. The number of rotatable bonds is 4. The summed E-state index contributed by atoms with van der Waals surface area (Å²) in [5, 5.41) is 22.0. The summed E-state index contributed by atoms with van der Waals surface area (Å²) >= 11 is 0. The largest absolute Gasteiger partial charge is 0.444 e. The van der Waals surface area contributed by atoms with Crippen LogP contribution < -0.4 is 11.1 Å². The van der Waals surface area contributed by atoms with Crippen LogP contribution in [0, 0.1) is 0 Å². The molecule has 112 valence electrons. The normalized spacial score (nSPS) is 14.4. The summed E-state index contributed by atoms with van der Waals surface area (Å²) < 4.78 is 5.00. The second-order valence-corrected chi connectivity index (χ2v) is 5.26. The molecular formula is C12H20N4O4. The monoisotopic (exact) mass is 284 g/mol. The van der Waals surface area contributed by atoms with E-state index in [-0.39, 0.29) is 18.1 Å². The number of nitrogen functional groups attached to an aromatic ring is 1. The van der Waals surface area contributed by atoms with E-state index in [2.05, 4.69) is 15.3 Å². The Morgan fingerprint density at radius 1 is 1.40 bits per heavy atom. The van der Waals surface area contributed by atoms with E-state index in [4.69, 9.17) is 10.5 Å². The topological polar surface area (TPSA) is 131 Å². The molecule has 0 aromatic carbocycles. The van der Waals surface area contributed by atoms with E-state index >= 15 is 0 Å². The minimum absolute atomic E-state index is 0.165. The number of aliphatic hydroxyl groups excluding tert-OH is 2. The summed E-state index contributed by atoms with van der Waals surface area (Å²) in [4.78, 5) is 19.0. The molecule has 0 saturated carbocycles. The molecule has 0 bridgehead atoms. The second kappa shape index (κ2) is 6.49. The average molecular weight is 284 g/mol. The van der Waals surface area contributed by atoms with E-state index in [1.807, 2.05) is 0 Å². The van der Waals surface area contributed by atoms with Crippen molar-refractivity contribution < 1.29 is 19.7 Å². The number of alkyl carbamates (subject to hydrolysis) is 1. The van der Waals surface area contributed by atoms with Crippen LogP contribution in [0.3, 0.4) is 0 Å². The average Bonchev–Trinajstić information content (AvgIpc) is 2.34. The quantitative estimate of drug-likeness (QED) is 0.611. The number of ether oxygens (including phenoxy) is 1. The van der Waals surface area contributed by atoms with Gasteiger partial charge in [-0.3, -0.25) is 4.98 Å². The molecule has 8 heteroatoms. The first-order valence-electron chi connectivity index (χ1n) is 6.09. The lowest BCUT2D eigenvalue weighted by Gasteiger charge is -2.21. The smallest absolute Gasteiger partial charge is 0.407 e. The summed E-state index contributed by atoms with van der Waals surface area (Å²) in [5.74, 6) is 0.210. The first-order chi connectivity index (χ1) is 9.19. The van der Waals surface area contributed by atoms with Gasteiger partial charge in [-0.05, 0) is 20.8 Å². The molecule has 1 heterocycles. The molecule has 0 spiro atoms. The molecular weight excluding hydrogens is 264 g/mol. The predicted molar refractivity (Wildman–Crippen MR) is 71.6 cm³/mol. The summed E-state index contributed by atoms with van der Waals surface area (Å²) in [6.07, 6.45) is -0.658. The van der Waals surface area contributed by atoms with Crippen LogP contribution in [-0.2, 0) is 4.74 Å². The number of carbonyl (C=O) groups excluding carboxylic acids is 1. The molecule has 8 nitrogen and oxygen atoms in total. The lowest BCUT2D eigenvalue weighted by molar-refractivity contribution is 0.0107. The van der Waals surface area contributed by atoms with Crippen molar-refractivity contribution in [2.45, 2.75) is 38.6 Å². The Labute approximate surface area is 117 Å². The third kappa shape index (κ3) is 5.37. The van der Waals surface area contributed by atoms with Crippen LogP contribution in [-0.4, -0.2) is 44.5 Å². The molecule has 20 heavy (non-hydrogen) atoms. The van der Waals surface area contributed by atoms with E-state index in [0.717, 1.165) is 0 Å². The number of aliphatic hydroxyl groups is 2. The number of hydrogen-bond acceptors (Lipinski definition) is 7. The predicted octanol–water partition coefficient (Wildman–Crippen LogP) is -0.0222. The molecule has 5 N–H and O–H groups in total. The van der Waals surface area contributed by atoms with Gasteiger partial charge < -0.3 is 26.0 Å². The van der Waals surface area contributed by atoms with Gasteiger partial charge in [-0.2, -0.15) is 0 Å². The number of amides is 1. The molecule has 0 aliphatic heterocycles. The van der Waals surface area contributed by atoms with Gasteiger partial charge in [-0.15, -0.1) is 0 Å². The summed E-state index contributed by atoms with van der Waals surface area (Å²) in [6.45, 7) is 4.99. The van der Waals surface area contributed by atoms with Gasteiger partial charge >= 0.3 is 6.09 Å². The molecule has 2 unspecified atom stereocenters. The molecule has 0 saturated heterocycles. The maximum Gasteiger partial charge on any atom is 0.407 e. The number of anilines is 1. The van der Waals surface area contributed by atoms with Gasteiger partial charge in [0, 0.05) is 6.54 Å². The van der Waals surface area contributed by atoms with Crippen LogP contribution in [0.4, 0.5) is 10.6 Å². The van der Waals surface area contributed by atoms with Crippen LogP contribution in [0.2, 0.25) is 0 Å². The van der Waals surface area contributed by atoms with E-state index in [1.54, 1.807) is 20.8 Å². The fourth-order valence-corrected chi connectivity index (χ4v) is 1.31. The first-order valence-corrected chi connectivity index (χ1v) is 6.09. The highest BCUT2D eigenvalue weighted by Crippen LogP contribution is 2.13. The number of nitrogens with one attached hydrogen (secondary N) is 1. The zero-order valence-electron chi connectivity index (χ0n) is 11.7. The lowest BCUT2D eigenvalue weighted by Crippen LogP contribution is -2.39. The van der Waals surface area contributed by atoms with Gasteiger partial charge in [0.2, 0.25) is 0 Å². The van der Waals surface area contributed by atoms with Crippen molar-refractivity contribution in [1.82, 2.24) is 15.3 Å².